The fourth-order valence-corrected chi connectivity index (χ4v) is 3.33. The molecule has 0 aliphatic heterocycles. The minimum atomic E-state index is -0.348. The predicted molar refractivity (Wildman–Crippen MR) is 110 cm³/mol. The van der Waals surface area contributed by atoms with E-state index in [4.69, 9.17) is 4.74 Å². The van der Waals surface area contributed by atoms with Crippen molar-refractivity contribution < 1.29 is 14.6 Å². The molecule has 0 aliphatic rings. The Kier molecular flexibility index (Phi) is 6.86. The summed E-state index contributed by atoms with van der Waals surface area (Å²) in [7, 11) is 0. The Balaban J connectivity index is 0.00000261. The van der Waals surface area contributed by atoms with Gasteiger partial charge in [-0.25, -0.2) is 4.79 Å². The Hall–Kier alpha value is -2.53. The second-order valence-electron chi connectivity index (χ2n) is 6.31. The second-order valence-corrected chi connectivity index (χ2v) is 6.31. The molecule has 0 spiro atoms. The van der Waals surface area contributed by atoms with E-state index < -0.39 is 0 Å². The van der Waals surface area contributed by atoms with Crippen molar-refractivity contribution in [1.29, 1.82) is 0 Å². The molecule has 3 aromatic rings. The maximum Gasteiger partial charge on any atom is 0.340 e. The summed E-state index contributed by atoms with van der Waals surface area (Å²) in [5.74, 6) is -0.220. The normalized spacial score (nSPS) is 10.6. The van der Waals surface area contributed by atoms with Gasteiger partial charge < -0.3 is 14.4 Å². The van der Waals surface area contributed by atoms with E-state index in [1.54, 1.807) is 25.4 Å². The number of rotatable bonds is 6. The molecule has 144 valence electrons. The van der Waals surface area contributed by atoms with Gasteiger partial charge in [0.25, 0.3) is 0 Å². The van der Waals surface area contributed by atoms with E-state index in [2.05, 4.69) is 16.5 Å². The van der Waals surface area contributed by atoms with Crippen LogP contribution in [-0.2, 0) is 11.3 Å². The van der Waals surface area contributed by atoms with E-state index in [0.717, 1.165) is 41.5 Å². The van der Waals surface area contributed by atoms with E-state index >= 15 is 0 Å². The number of aryl methyl sites for hydroxylation is 1. The Bertz CT molecular complexity index is 936. The van der Waals surface area contributed by atoms with Gasteiger partial charge >= 0.3 is 5.97 Å². The lowest BCUT2D eigenvalue weighted by Crippen LogP contribution is -2.07. The molecule has 0 bridgehead atoms. The minimum Gasteiger partial charge on any atom is -0.507 e. The number of esters is 1. The van der Waals surface area contributed by atoms with Crippen molar-refractivity contribution >= 4 is 29.3 Å². The van der Waals surface area contributed by atoms with Crippen LogP contribution in [0.25, 0.3) is 22.0 Å². The van der Waals surface area contributed by atoms with E-state index in [1.807, 2.05) is 25.1 Å². The van der Waals surface area contributed by atoms with Crippen molar-refractivity contribution in [3.63, 3.8) is 0 Å². The number of unbranched alkanes of at least 4 members (excludes halogenated alkanes) is 1. The summed E-state index contributed by atoms with van der Waals surface area (Å²) in [5.41, 5.74) is 3.87. The van der Waals surface area contributed by atoms with Crippen molar-refractivity contribution in [2.45, 2.75) is 40.2 Å². The molecular weight excluding hydrogens is 364 g/mol. The average Bonchev–Trinajstić information content (AvgIpc) is 2.90. The molecule has 0 aliphatic carbocycles. The number of ether oxygens (including phenoxy) is 1. The zero-order valence-corrected chi connectivity index (χ0v) is 16.7. The Morgan fingerprint density at radius 2 is 2.07 bits per heavy atom. The van der Waals surface area contributed by atoms with Crippen LogP contribution in [0.1, 0.15) is 42.7 Å². The summed E-state index contributed by atoms with van der Waals surface area (Å²) in [4.78, 5) is 16.6. The number of pyridine rings is 1. The number of aromatic nitrogens is 2. The maximum absolute atomic E-state index is 12.5. The van der Waals surface area contributed by atoms with Crippen molar-refractivity contribution in [3.8, 4) is 16.9 Å². The van der Waals surface area contributed by atoms with Gasteiger partial charge in [-0.2, -0.15) is 0 Å². The van der Waals surface area contributed by atoms with Crippen LogP contribution in [0.3, 0.4) is 0 Å². The molecule has 0 unspecified atom stereocenters. The highest BCUT2D eigenvalue weighted by Crippen LogP contribution is 2.37. The number of carbonyl (C=O) groups is 1. The van der Waals surface area contributed by atoms with Crippen LogP contribution in [0.5, 0.6) is 5.75 Å². The largest absolute Gasteiger partial charge is 0.507 e. The molecule has 6 heteroatoms. The number of aromatic hydroxyl groups is 1. The third-order valence-electron chi connectivity index (χ3n) is 4.63. The summed E-state index contributed by atoms with van der Waals surface area (Å²) in [5, 5.41) is 11.3. The van der Waals surface area contributed by atoms with E-state index in [1.165, 1.54) is 0 Å². The maximum atomic E-state index is 12.5. The van der Waals surface area contributed by atoms with Gasteiger partial charge in [0.05, 0.1) is 12.2 Å². The highest BCUT2D eigenvalue weighted by Gasteiger charge is 2.22. The predicted octanol–water partition coefficient (Wildman–Crippen LogP) is 5.12. The number of phenols is 1. The Morgan fingerprint density at radius 3 is 2.70 bits per heavy atom. The smallest absolute Gasteiger partial charge is 0.340 e. The first kappa shape index (κ1) is 20.8. The molecule has 0 amide bonds. The summed E-state index contributed by atoms with van der Waals surface area (Å²) in [6.07, 6.45) is 5.49. The van der Waals surface area contributed by atoms with Gasteiger partial charge in [-0.1, -0.05) is 19.4 Å². The van der Waals surface area contributed by atoms with Gasteiger partial charge in [-0.05, 0) is 38.5 Å². The monoisotopic (exact) mass is 388 g/mol. The highest BCUT2D eigenvalue weighted by molar-refractivity contribution is 6.07. The number of phenolic OH excluding ortho intramolecular Hbond substituents is 1. The molecule has 2 heterocycles. The molecule has 3 rings (SSSR count). The molecular formula is C21H25ClN2O3. The lowest BCUT2D eigenvalue weighted by Gasteiger charge is -2.09. The number of benzene rings is 1. The van der Waals surface area contributed by atoms with Crippen molar-refractivity contribution in [2.24, 2.45) is 0 Å². The third-order valence-corrected chi connectivity index (χ3v) is 4.63. The van der Waals surface area contributed by atoms with E-state index in [-0.39, 0.29) is 24.1 Å². The highest BCUT2D eigenvalue weighted by atomic mass is 35.5. The first-order valence-corrected chi connectivity index (χ1v) is 9.01. The van der Waals surface area contributed by atoms with Gasteiger partial charge in [0.1, 0.15) is 5.75 Å². The number of nitrogens with zero attached hydrogens (tertiary/aromatic N) is 2. The fraction of sp³-hybridized carbons (Fsp3) is 0.333. The molecule has 0 saturated heterocycles. The molecule has 1 N–H and O–H groups in total. The van der Waals surface area contributed by atoms with Crippen LogP contribution < -0.4 is 0 Å². The zero-order valence-electron chi connectivity index (χ0n) is 15.9. The van der Waals surface area contributed by atoms with Gasteiger partial charge in [0, 0.05) is 46.7 Å². The Morgan fingerprint density at radius 1 is 1.30 bits per heavy atom. The van der Waals surface area contributed by atoms with E-state index in [9.17, 15) is 9.90 Å². The van der Waals surface area contributed by atoms with Crippen LogP contribution in [0.2, 0.25) is 0 Å². The number of hydrogen-bond acceptors (Lipinski definition) is 4. The van der Waals surface area contributed by atoms with Crippen LogP contribution in [-0.4, -0.2) is 27.2 Å². The summed E-state index contributed by atoms with van der Waals surface area (Å²) in [6, 6.07) is 7.35. The van der Waals surface area contributed by atoms with Gasteiger partial charge in [-0.3, -0.25) is 4.98 Å². The van der Waals surface area contributed by atoms with E-state index in [0.29, 0.717) is 17.7 Å². The number of hydrogen-bond donors (Lipinski definition) is 1. The first-order chi connectivity index (χ1) is 12.6. The van der Waals surface area contributed by atoms with Crippen LogP contribution in [0, 0.1) is 6.92 Å². The molecule has 0 saturated carbocycles. The van der Waals surface area contributed by atoms with Crippen molar-refractivity contribution in [2.75, 3.05) is 6.61 Å². The number of carbonyl (C=O) groups excluding carboxylic acids is 1. The van der Waals surface area contributed by atoms with Gasteiger partial charge in [-0.15, -0.1) is 12.4 Å². The van der Waals surface area contributed by atoms with Gasteiger partial charge in [0.2, 0.25) is 0 Å². The molecule has 27 heavy (non-hydrogen) atoms. The molecule has 0 radical (unpaired) electrons. The quantitative estimate of drug-likeness (QED) is 0.595. The Labute approximate surface area is 165 Å². The zero-order chi connectivity index (χ0) is 18.7. The lowest BCUT2D eigenvalue weighted by molar-refractivity contribution is 0.0527. The standard InChI is InChI=1S/C21H24N2O3.ClH/c1-4-6-10-23-14(3)20(21(25)26-5-2)17-12-19(24)16(11-18(17)23)15-8-7-9-22-13-15;/h7-9,11-13,24H,4-6,10H2,1-3H3;1H. The van der Waals surface area contributed by atoms with Gasteiger partial charge in [0.15, 0.2) is 0 Å². The molecule has 1 aromatic carbocycles. The minimum absolute atomic E-state index is 0. The number of fused-ring (bicyclic) bond motifs is 1. The van der Waals surface area contributed by atoms with Crippen LogP contribution in [0.4, 0.5) is 0 Å². The SMILES string of the molecule is CCCCn1c(C)c(C(=O)OCC)c2cc(O)c(-c3cccnc3)cc21.Cl. The lowest BCUT2D eigenvalue weighted by atomic mass is 10.0. The van der Waals surface area contributed by atoms with Crippen LogP contribution in [0.15, 0.2) is 36.7 Å². The third kappa shape index (κ3) is 3.93. The van der Waals surface area contributed by atoms with Crippen molar-refractivity contribution in [3.05, 3.63) is 47.9 Å². The number of halogens is 1. The molecule has 2 aromatic heterocycles. The summed E-state index contributed by atoms with van der Waals surface area (Å²) >= 11 is 0. The first-order valence-electron chi connectivity index (χ1n) is 9.01. The topological polar surface area (TPSA) is 64.3 Å². The van der Waals surface area contributed by atoms with Crippen molar-refractivity contribution in [1.82, 2.24) is 9.55 Å². The fourth-order valence-electron chi connectivity index (χ4n) is 3.33. The van der Waals surface area contributed by atoms with Crippen LogP contribution >= 0.6 is 12.4 Å². The molecule has 0 fully saturated rings. The summed E-state index contributed by atoms with van der Waals surface area (Å²) in [6.45, 7) is 7.00. The summed E-state index contributed by atoms with van der Waals surface area (Å²) < 4.78 is 7.39. The molecule has 0 atom stereocenters. The molecule has 5 nitrogen and oxygen atoms in total. The second kappa shape index (κ2) is 8.91. The average molecular weight is 389 g/mol.